The van der Waals surface area contributed by atoms with Crippen molar-refractivity contribution < 1.29 is 42.9 Å². The maximum atomic E-state index is 11.8. The van der Waals surface area contributed by atoms with Gasteiger partial charge < -0.3 is 29.0 Å². The highest BCUT2D eigenvalue weighted by Gasteiger charge is 2.52. The quantitative estimate of drug-likeness (QED) is 0.495. The molecule has 170 valence electrons. The topological polar surface area (TPSA) is 126 Å². The van der Waals surface area contributed by atoms with Crippen LogP contribution in [0.4, 0.5) is 5.69 Å². The molecule has 0 aliphatic carbocycles. The van der Waals surface area contributed by atoms with Crippen LogP contribution in [0.15, 0.2) is 24.3 Å². The summed E-state index contributed by atoms with van der Waals surface area (Å²) in [4.78, 5) is 46.6. The van der Waals surface area contributed by atoms with Gasteiger partial charge >= 0.3 is 23.9 Å². The molecule has 0 unspecified atom stereocenters. The summed E-state index contributed by atoms with van der Waals surface area (Å²) in [6.07, 6.45) is -5.53. The Kier molecular flexibility index (Phi) is 8.38. The van der Waals surface area contributed by atoms with Gasteiger partial charge in [0.25, 0.3) is 0 Å². The zero-order valence-corrected chi connectivity index (χ0v) is 18.1. The van der Waals surface area contributed by atoms with E-state index in [1.165, 1.54) is 27.7 Å². The Bertz CT molecular complexity index is 808. The largest absolute Gasteiger partial charge is 0.463 e. The van der Waals surface area contributed by atoms with Crippen LogP contribution in [0.3, 0.4) is 0 Å². The Morgan fingerprint density at radius 1 is 0.806 bits per heavy atom. The maximum Gasteiger partial charge on any atom is 0.303 e. The van der Waals surface area contributed by atoms with E-state index < -0.39 is 54.5 Å². The highest BCUT2D eigenvalue weighted by atomic mass is 16.7. The first-order chi connectivity index (χ1) is 14.6. The lowest BCUT2D eigenvalue weighted by Crippen LogP contribution is -2.64. The number of nitrogens with one attached hydrogen (secondary N) is 1. The number of carbonyl (C=O) groups excluding carboxylic acids is 4. The highest BCUT2D eigenvalue weighted by molar-refractivity contribution is 5.69. The third-order valence-electron chi connectivity index (χ3n) is 4.35. The number of hydrogen-bond donors (Lipinski definition) is 1. The van der Waals surface area contributed by atoms with Crippen molar-refractivity contribution in [2.24, 2.45) is 0 Å². The van der Waals surface area contributed by atoms with Crippen LogP contribution >= 0.6 is 0 Å². The number of aryl methyl sites for hydroxylation is 1. The monoisotopic (exact) mass is 437 g/mol. The highest BCUT2D eigenvalue weighted by Crippen LogP contribution is 2.30. The fraction of sp³-hybridized carbons (Fsp3) is 0.524. The van der Waals surface area contributed by atoms with Gasteiger partial charge in [-0.1, -0.05) is 17.7 Å². The standard InChI is InChI=1S/C21H27NO9/c1-11-6-8-16(9-7-11)22-21-20(30-15(5)26)19(29-14(4)25)18(28-13(3)24)17(31-21)10-27-12(2)23/h6-9,17-22H,10H2,1-5H3/t17-,18-,19+,20-,21-/m1/s1. The van der Waals surface area contributed by atoms with Crippen molar-refractivity contribution in [3.8, 4) is 0 Å². The number of hydrogen-bond acceptors (Lipinski definition) is 10. The number of anilines is 1. The van der Waals surface area contributed by atoms with E-state index in [4.69, 9.17) is 23.7 Å². The van der Waals surface area contributed by atoms with E-state index in [9.17, 15) is 19.2 Å². The van der Waals surface area contributed by atoms with Crippen LogP contribution in [0.25, 0.3) is 0 Å². The minimum atomic E-state index is -1.21. The summed E-state index contributed by atoms with van der Waals surface area (Å²) in [6, 6.07) is 7.33. The minimum Gasteiger partial charge on any atom is -0.463 e. The van der Waals surface area contributed by atoms with Gasteiger partial charge in [0, 0.05) is 33.4 Å². The van der Waals surface area contributed by atoms with Crippen molar-refractivity contribution in [3.05, 3.63) is 29.8 Å². The summed E-state index contributed by atoms with van der Waals surface area (Å²) in [5.41, 5.74) is 1.68. The lowest BCUT2D eigenvalue weighted by atomic mass is 9.97. The van der Waals surface area contributed by atoms with Crippen molar-refractivity contribution in [2.75, 3.05) is 11.9 Å². The van der Waals surface area contributed by atoms with Crippen LogP contribution in [-0.2, 0) is 42.9 Å². The fourth-order valence-electron chi connectivity index (χ4n) is 3.16. The maximum absolute atomic E-state index is 11.8. The van der Waals surface area contributed by atoms with E-state index in [1.54, 1.807) is 12.1 Å². The zero-order chi connectivity index (χ0) is 23.1. The van der Waals surface area contributed by atoms with Crippen LogP contribution in [0.2, 0.25) is 0 Å². The van der Waals surface area contributed by atoms with Gasteiger partial charge in [-0.05, 0) is 19.1 Å². The molecule has 1 N–H and O–H groups in total. The second kappa shape index (κ2) is 10.8. The molecule has 0 saturated carbocycles. The molecule has 1 aliphatic rings. The summed E-state index contributed by atoms with van der Waals surface area (Å²) in [5, 5.41) is 3.09. The molecule has 10 nitrogen and oxygen atoms in total. The predicted octanol–water partition coefficient (Wildman–Crippen LogP) is 1.49. The van der Waals surface area contributed by atoms with Crippen molar-refractivity contribution in [3.63, 3.8) is 0 Å². The lowest BCUT2D eigenvalue weighted by Gasteiger charge is -2.44. The van der Waals surface area contributed by atoms with Crippen LogP contribution in [0.5, 0.6) is 0 Å². The van der Waals surface area contributed by atoms with Crippen molar-refractivity contribution >= 4 is 29.6 Å². The lowest BCUT2D eigenvalue weighted by molar-refractivity contribution is -0.247. The third-order valence-corrected chi connectivity index (χ3v) is 4.35. The van der Waals surface area contributed by atoms with E-state index in [1.807, 2.05) is 19.1 Å². The molecule has 1 saturated heterocycles. The molecular weight excluding hydrogens is 410 g/mol. The Hall–Kier alpha value is -3.14. The van der Waals surface area contributed by atoms with Crippen LogP contribution in [0, 0.1) is 6.92 Å². The van der Waals surface area contributed by atoms with Gasteiger partial charge in [-0.3, -0.25) is 19.2 Å². The number of esters is 4. The van der Waals surface area contributed by atoms with Gasteiger partial charge in [-0.2, -0.15) is 0 Å². The number of ether oxygens (including phenoxy) is 5. The molecule has 0 spiro atoms. The molecule has 5 atom stereocenters. The minimum absolute atomic E-state index is 0.274. The predicted molar refractivity (Wildman–Crippen MR) is 107 cm³/mol. The van der Waals surface area contributed by atoms with Gasteiger partial charge in [0.15, 0.2) is 24.5 Å². The van der Waals surface area contributed by atoms with Crippen LogP contribution in [0.1, 0.15) is 33.3 Å². The summed E-state index contributed by atoms with van der Waals surface area (Å²) < 4.78 is 27.1. The summed E-state index contributed by atoms with van der Waals surface area (Å²) in [7, 11) is 0. The van der Waals surface area contributed by atoms with E-state index in [0.29, 0.717) is 5.69 Å². The molecule has 0 radical (unpaired) electrons. The SMILES string of the molecule is CC(=O)OC[C@H]1O[C@@H](Nc2ccc(C)cc2)[C@H](OC(C)=O)[C@@H](OC(C)=O)[C@@H]1OC(C)=O. The normalized spacial score (nSPS) is 25.1. The Balaban J connectivity index is 2.43. The molecule has 1 aromatic rings. The van der Waals surface area contributed by atoms with Gasteiger partial charge in [0.05, 0.1) is 0 Å². The van der Waals surface area contributed by atoms with Gasteiger partial charge in [0.1, 0.15) is 12.7 Å². The van der Waals surface area contributed by atoms with Crippen molar-refractivity contribution in [1.82, 2.24) is 0 Å². The molecule has 2 rings (SSSR count). The zero-order valence-electron chi connectivity index (χ0n) is 18.1. The second-order valence-corrected chi connectivity index (χ2v) is 7.13. The van der Waals surface area contributed by atoms with E-state index in [0.717, 1.165) is 5.56 Å². The molecule has 1 aromatic carbocycles. The van der Waals surface area contributed by atoms with Crippen LogP contribution in [-0.4, -0.2) is 61.1 Å². The summed E-state index contributed by atoms with van der Waals surface area (Å²) >= 11 is 0. The first kappa shape index (κ1) is 24.1. The van der Waals surface area contributed by atoms with Crippen molar-refractivity contribution in [1.29, 1.82) is 0 Å². The smallest absolute Gasteiger partial charge is 0.303 e. The Labute approximate surface area is 180 Å². The Morgan fingerprint density at radius 3 is 1.84 bits per heavy atom. The second-order valence-electron chi connectivity index (χ2n) is 7.13. The molecule has 1 heterocycles. The molecule has 31 heavy (non-hydrogen) atoms. The molecule has 0 aromatic heterocycles. The van der Waals surface area contributed by atoms with Gasteiger partial charge in [0.2, 0.25) is 0 Å². The van der Waals surface area contributed by atoms with E-state index in [-0.39, 0.29) is 6.61 Å². The molecule has 0 amide bonds. The fourth-order valence-corrected chi connectivity index (χ4v) is 3.16. The molecular formula is C21H27NO9. The van der Waals surface area contributed by atoms with Gasteiger partial charge in [-0.25, -0.2) is 0 Å². The number of rotatable bonds is 7. The van der Waals surface area contributed by atoms with E-state index in [2.05, 4.69) is 5.32 Å². The Morgan fingerprint density at radius 2 is 1.32 bits per heavy atom. The number of benzene rings is 1. The number of carbonyl (C=O) groups is 4. The molecule has 1 aliphatic heterocycles. The summed E-state index contributed by atoms with van der Waals surface area (Å²) in [5.74, 6) is -2.58. The van der Waals surface area contributed by atoms with Gasteiger partial charge in [-0.15, -0.1) is 0 Å². The first-order valence-corrected chi connectivity index (χ1v) is 9.70. The average molecular weight is 437 g/mol. The molecule has 0 bridgehead atoms. The molecule has 1 fully saturated rings. The third kappa shape index (κ3) is 7.25. The molecule has 10 heteroatoms. The van der Waals surface area contributed by atoms with Crippen molar-refractivity contribution in [2.45, 2.75) is 65.3 Å². The van der Waals surface area contributed by atoms with Crippen LogP contribution < -0.4 is 5.32 Å². The van der Waals surface area contributed by atoms with E-state index >= 15 is 0 Å². The first-order valence-electron chi connectivity index (χ1n) is 9.70. The summed E-state index contributed by atoms with van der Waals surface area (Å²) in [6.45, 7) is 6.41. The average Bonchev–Trinajstić information content (AvgIpc) is 2.65.